The standard InChI is InChI=1S/C22H34O5Si/c1-21(2,3)28(6,7)27-16-12-11-15-22(19(23)25-4,20(24)26-5)17-18-13-9-8-10-14-18/h8-14H,15-17H2,1-7H3/b12-11+. The van der Waals surface area contributed by atoms with Gasteiger partial charge in [-0.25, -0.2) is 0 Å². The number of methoxy groups -OCH3 is 2. The number of carbonyl (C=O) groups is 2. The summed E-state index contributed by atoms with van der Waals surface area (Å²) < 4.78 is 16.1. The van der Waals surface area contributed by atoms with Gasteiger partial charge in [0.15, 0.2) is 13.7 Å². The van der Waals surface area contributed by atoms with E-state index in [0.29, 0.717) is 6.61 Å². The molecule has 0 aliphatic rings. The highest BCUT2D eigenvalue weighted by Gasteiger charge is 2.47. The van der Waals surface area contributed by atoms with E-state index in [4.69, 9.17) is 13.9 Å². The number of hydrogen-bond acceptors (Lipinski definition) is 5. The topological polar surface area (TPSA) is 61.8 Å². The largest absolute Gasteiger partial charge is 0.468 e. The molecule has 28 heavy (non-hydrogen) atoms. The molecule has 6 heteroatoms. The van der Waals surface area contributed by atoms with Crippen molar-refractivity contribution in [3.05, 3.63) is 48.0 Å². The molecule has 0 aromatic heterocycles. The Morgan fingerprint density at radius 2 is 1.50 bits per heavy atom. The summed E-state index contributed by atoms with van der Waals surface area (Å²) >= 11 is 0. The predicted octanol–water partition coefficient (Wildman–Crippen LogP) is 4.53. The first-order valence-corrected chi connectivity index (χ1v) is 12.4. The van der Waals surface area contributed by atoms with Crippen molar-refractivity contribution in [1.82, 2.24) is 0 Å². The predicted molar refractivity (Wildman–Crippen MR) is 114 cm³/mol. The second-order valence-corrected chi connectivity index (χ2v) is 13.3. The van der Waals surface area contributed by atoms with Gasteiger partial charge in [0.05, 0.1) is 20.8 Å². The van der Waals surface area contributed by atoms with Crippen molar-refractivity contribution in [2.75, 3.05) is 20.8 Å². The van der Waals surface area contributed by atoms with Gasteiger partial charge in [0.2, 0.25) is 0 Å². The molecule has 0 aliphatic heterocycles. The maximum absolute atomic E-state index is 12.6. The van der Waals surface area contributed by atoms with E-state index in [-0.39, 0.29) is 17.9 Å². The van der Waals surface area contributed by atoms with Crippen LogP contribution < -0.4 is 0 Å². The number of esters is 2. The lowest BCUT2D eigenvalue weighted by atomic mass is 9.78. The van der Waals surface area contributed by atoms with E-state index in [1.165, 1.54) is 14.2 Å². The van der Waals surface area contributed by atoms with Gasteiger partial charge in [-0.2, -0.15) is 0 Å². The van der Waals surface area contributed by atoms with Crippen LogP contribution in [0.5, 0.6) is 0 Å². The van der Waals surface area contributed by atoms with Gasteiger partial charge in [-0.15, -0.1) is 0 Å². The van der Waals surface area contributed by atoms with Crippen LogP contribution in [0.4, 0.5) is 0 Å². The Morgan fingerprint density at radius 3 is 1.96 bits per heavy atom. The molecule has 0 N–H and O–H groups in total. The van der Waals surface area contributed by atoms with E-state index >= 15 is 0 Å². The van der Waals surface area contributed by atoms with Crippen LogP contribution in [0.1, 0.15) is 32.8 Å². The van der Waals surface area contributed by atoms with Gasteiger partial charge in [-0.1, -0.05) is 63.3 Å². The van der Waals surface area contributed by atoms with E-state index in [1.54, 1.807) is 0 Å². The Morgan fingerprint density at radius 1 is 0.964 bits per heavy atom. The van der Waals surface area contributed by atoms with Crippen LogP contribution in [0.25, 0.3) is 0 Å². The summed E-state index contributed by atoms with van der Waals surface area (Å²) in [6, 6.07) is 9.39. The van der Waals surface area contributed by atoms with Crippen molar-refractivity contribution in [3.8, 4) is 0 Å². The van der Waals surface area contributed by atoms with Gasteiger partial charge >= 0.3 is 11.9 Å². The molecule has 1 rings (SSSR count). The Kier molecular flexibility index (Phi) is 8.64. The number of ether oxygens (including phenoxy) is 2. The summed E-state index contributed by atoms with van der Waals surface area (Å²) in [6.07, 6.45) is 4.07. The molecule has 1 aromatic rings. The summed E-state index contributed by atoms with van der Waals surface area (Å²) in [4.78, 5) is 25.2. The van der Waals surface area contributed by atoms with Crippen LogP contribution in [0.15, 0.2) is 42.5 Å². The highest BCUT2D eigenvalue weighted by atomic mass is 28.4. The molecule has 0 saturated carbocycles. The second kappa shape index (κ2) is 10.0. The van der Waals surface area contributed by atoms with E-state index in [9.17, 15) is 9.59 Å². The molecule has 0 heterocycles. The molecule has 0 saturated heterocycles. The Labute approximate surface area is 170 Å². The molecule has 5 nitrogen and oxygen atoms in total. The Bertz CT molecular complexity index is 658. The average Bonchev–Trinajstić information content (AvgIpc) is 2.65. The highest BCUT2D eigenvalue weighted by molar-refractivity contribution is 6.74. The minimum atomic E-state index is -1.85. The lowest BCUT2D eigenvalue weighted by Crippen LogP contribution is -2.43. The molecule has 0 amide bonds. The summed E-state index contributed by atoms with van der Waals surface area (Å²) in [5, 5.41) is 0.121. The quantitative estimate of drug-likeness (QED) is 0.261. The maximum Gasteiger partial charge on any atom is 0.323 e. The SMILES string of the molecule is COC(=O)C(C/C=C/CO[Si](C)(C)C(C)(C)C)(Cc1ccccc1)C(=O)OC. The summed E-state index contributed by atoms with van der Waals surface area (Å²) in [5.41, 5.74) is -0.553. The van der Waals surface area contributed by atoms with E-state index in [2.05, 4.69) is 33.9 Å². The fourth-order valence-corrected chi connectivity index (χ4v) is 3.57. The van der Waals surface area contributed by atoms with Crippen molar-refractivity contribution in [3.63, 3.8) is 0 Å². The van der Waals surface area contributed by atoms with Crippen molar-refractivity contribution in [2.24, 2.45) is 5.41 Å². The van der Waals surface area contributed by atoms with E-state index < -0.39 is 25.7 Å². The average molecular weight is 407 g/mol. The van der Waals surface area contributed by atoms with Gasteiger partial charge in [0.25, 0.3) is 0 Å². The lowest BCUT2D eigenvalue weighted by molar-refractivity contribution is -0.168. The molecule has 0 fully saturated rings. The first-order chi connectivity index (χ1) is 13.0. The third kappa shape index (κ3) is 6.04. The minimum absolute atomic E-state index is 0.121. The molecular weight excluding hydrogens is 372 g/mol. The Balaban J connectivity index is 2.99. The summed E-state index contributed by atoms with van der Waals surface area (Å²) in [7, 11) is 0.720. The fraction of sp³-hybridized carbons (Fsp3) is 0.545. The molecule has 0 spiro atoms. The molecule has 1 aromatic carbocycles. The van der Waals surface area contributed by atoms with Crippen molar-refractivity contribution >= 4 is 20.3 Å². The normalized spacial score (nSPS) is 12.8. The minimum Gasteiger partial charge on any atom is -0.468 e. The van der Waals surface area contributed by atoms with Crippen molar-refractivity contribution in [2.45, 2.75) is 51.7 Å². The van der Waals surface area contributed by atoms with Gasteiger partial charge in [-0.05, 0) is 36.5 Å². The third-order valence-electron chi connectivity index (χ3n) is 5.48. The number of hydrogen-bond donors (Lipinski definition) is 0. The van der Waals surface area contributed by atoms with Crippen molar-refractivity contribution < 1.29 is 23.5 Å². The van der Waals surface area contributed by atoms with E-state index in [1.807, 2.05) is 42.5 Å². The molecular formula is C22H34O5Si. The van der Waals surface area contributed by atoms with Crippen molar-refractivity contribution in [1.29, 1.82) is 0 Å². The first kappa shape index (κ1) is 24.1. The smallest absolute Gasteiger partial charge is 0.323 e. The third-order valence-corrected chi connectivity index (χ3v) is 9.98. The van der Waals surface area contributed by atoms with Gasteiger partial charge in [0.1, 0.15) is 0 Å². The lowest BCUT2D eigenvalue weighted by Gasteiger charge is -2.35. The molecule has 0 radical (unpaired) electrons. The zero-order chi connectivity index (χ0) is 21.4. The number of carbonyl (C=O) groups excluding carboxylic acids is 2. The summed E-state index contributed by atoms with van der Waals surface area (Å²) in [5.74, 6) is -1.20. The molecule has 0 unspecified atom stereocenters. The molecule has 156 valence electrons. The highest BCUT2D eigenvalue weighted by Crippen LogP contribution is 2.36. The van der Waals surface area contributed by atoms with Crippen LogP contribution in [0, 0.1) is 5.41 Å². The van der Waals surface area contributed by atoms with Crippen LogP contribution in [-0.2, 0) is 29.9 Å². The van der Waals surface area contributed by atoms with Crippen LogP contribution in [0.2, 0.25) is 18.1 Å². The second-order valence-electron chi connectivity index (χ2n) is 8.47. The molecule has 0 atom stereocenters. The number of rotatable bonds is 9. The van der Waals surface area contributed by atoms with Crippen LogP contribution in [0.3, 0.4) is 0 Å². The van der Waals surface area contributed by atoms with Gasteiger partial charge < -0.3 is 13.9 Å². The summed E-state index contributed by atoms with van der Waals surface area (Å²) in [6.45, 7) is 11.4. The van der Waals surface area contributed by atoms with Crippen LogP contribution >= 0.6 is 0 Å². The van der Waals surface area contributed by atoms with Gasteiger partial charge in [0, 0.05) is 0 Å². The fourth-order valence-electron chi connectivity index (χ4n) is 2.63. The maximum atomic E-state index is 12.6. The monoisotopic (exact) mass is 406 g/mol. The van der Waals surface area contributed by atoms with E-state index in [0.717, 1.165) is 5.56 Å². The first-order valence-electron chi connectivity index (χ1n) is 9.50. The molecule has 0 bridgehead atoms. The zero-order valence-electron chi connectivity index (χ0n) is 18.2. The number of benzene rings is 1. The Hall–Kier alpha value is -1.92. The zero-order valence-corrected chi connectivity index (χ0v) is 19.2. The molecule has 0 aliphatic carbocycles. The van der Waals surface area contributed by atoms with Crippen LogP contribution in [-0.4, -0.2) is 41.1 Å². The number of allylic oxidation sites excluding steroid dienone is 1. The van der Waals surface area contributed by atoms with Gasteiger partial charge in [-0.3, -0.25) is 9.59 Å².